The molecule has 0 aliphatic heterocycles. The maximum Gasteiger partial charge on any atom is 0.163 e. The van der Waals surface area contributed by atoms with E-state index in [1.165, 1.54) is 5.57 Å². The Kier molecular flexibility index (Phi) is 6.18. The molecule has 0 amide bonds. The smallest absolute Gasteiger partial charge is 0.163 e. The maximum absolute atomic E-state index is 11.4. The highest BCUT2D eigenvalue weighted by Gasteiger charge is 2.19. The second-order valence-electron chi connectivity index (χ2n) is 3.48. The number of rotatable bonds is 1. The van der Waals surface area contributed by atoms with Crippen LogP contribution in [-0.4, -0.2) is 5.78 Å². The summed E-state index contributed by atoms with van der Waals surface area (Å²) in [5, 5.41) is 0. The Morgan fingerprint density at radius 2 is 1.93 bits per heavy atom. The van der Waals surface area contributed by atoms with E-state index in [1.807, 2.05) is 26.8 Å². The van der Waals surface area contributed by atoms with Crippen LogP contribution in [0.15, 0.2) is 23.3 Å². The molecule has 0 unspecified atom stereocenters. The summed E-state index contributed by atoms with van der Waals surface area (Å²) in [6.07, 6.45) is 5.74. The van der Waals surface area contributed by atoms with Crippen LogP contribution in [0.3, 0.4) is 0 Å². The molecule has 0 aromatic carbocycles. The predicted molar refractivity (Wildman–Crippen MR) is 62.3 cm³/mol. The first kappa shape index (κ1) is 13.2. The zero-order valence-corrected chi connectivity index (χ0v) is 10.1. The number of carbonyl (C=O) groups excluding carboxylic acids is 1. The van der Waals surface area contributed by atoms with Gasteiger partial charge in [0.15, 0.2) is 5.78 Å². The summed E-state index contributed by atoms with van der Waals surface area (Å²) < 4.78 is 0. The van der Waals surface area contributed by atoms with Crippen LogP contribution in [0.1, 0.15) is 47.5 Å². The summed E-state index contributed by atoms with van der Waals surface area (Å²) in [6, 6.07) is 0. The van der Waals surface area contributed by atoms with E-state index in [4.69, 9.17) is 0 Å². The van der Waals surface area contributed by atoms with E-state index >= 15 is 0 Å². The summed E-state index contributed by atoms with van der Waals surface area (Å²) in [5.74, 6) is 0.782. The van der Waals surface area contributed by atoms with E-state index in [0.717, 1.165) is 12.0 Å². The Bertz CT molecular complexity index is 244. The molecule has 0 spiro atoms. The summed E-state index contributed by atoms with van der Waals surface area (Å²) in [7, 11) is 0. The fraction of sp³-hybridized carbons (Fsp3) is 0.615. The number of carbonyl (C=O) groups is 1. The van der Waals surface area contributed by atoms with Crippen LogP contribution in [0.5, 0.6) is 0 Å². The van der Waals surface area contributed by atoms with Crippen molar-refractivity contribution >= 4 is 5.78 Å². The Morgan fingerprint density at radius 3 is 2.29 bits per heavy atom. The van der Waals surface area contributed by atoms with E-state index in [-0.39, 0.29) is 0 Å². The molecule has 80 valence electrons. The molecule has 0 aromatic heterocycles. The Labute approximate surface area is 87.9 Å². The molecule has 1 heteroatoms. The van der Waals surface area contributed by atoms with Crippen LogP contribution in [0.25, 0.3) is 0 Å². The minimum atomic E-state index is 0.309. The number of allylic oxidation sites excluding steroid dienone is 4. The van der Waals surface area contributed by atoms with Crippen LogP contribution in [-0.2, 0) is 4.79 Å². The molecule has 1 aliphatic carbocycles. The van der Waals surface area contributed by atoms with Gasteiger partial charge in [0, 0.05) is 12.0 Å². The molecular formula is C13H22O. The molecule has 0 fully saturated rings. The van der Waals surface area contributed by atoms with Crippen molar-refractivity contribution in [2.45, 2.75) is 47.5 Å². The maximum atomic E-state index is 11.4. The quantitative estimate of drug-likeness (QED) is 0.578. The standard InChI is InChI=1S/C11H16O.C2H6/c1-4-9-10(8(2)3)6-5-7-11(9)12;1-2/h4,6,8H,5,7H2,1-3H3;1-2H3/b9-4-;. The molecule has 1 rings (SSSR count). The average molecular weight is 194 g/mol. The monoisotopic (exact) mass is 194 g/mol. The molecule has 1 nitrogen and oxygen atoms in total. The molecule has 0 heterocycles. The summed E-state index contributed by atoms with van der Waals surface area (Å²) in [5.41, 5.74) is 2.17. The van der Waals surface area contributed by atoms with E-state index in [0.29, 0.717) is 18.1 Å². The van der Waals surface area contributed by atoms with Gasteiger partial charge in [0.25, 0.3) is 0 Å². The van der Waals surface area contributed by atoms with Crippen molar-refractivity contribution in [1.29, 1.82) is 0 Å². The van der Waals surface area contributed by atoms with E-state index in [9.17, 15) is 4.79 Å². The molecule has 0 saturated heterocycles. The zero-order valence-electron chi connectivity index (χ0n) is 10.1. The van der Waals surface area contributed by atoms with Crippen LogP contribution in [0, 0.1) is 5.92 Å². The number of hydrogen-bond donors (Lipinski definition) is 0. The molecule has 14 heavy (non-hydrogen) atoms. The zero-order chi connectivity index (χ0) is 11.1. The van der Waals surface area contributed by atoms with Gasteiger partial charge >= 0.3 is 0 Å². The van der Waals surface area contributed by atoms with E-state index in [1.54, 1.807) is 0 Å². The number of hydrogen-bond acceptors (Lipinski definition) is 1. The Balaban J connectivity index is 0.000000791. The fourth-order valence-electron chi connectivity index (χ4n) is 1.64. The molecule has 0 aromatic rings. The highest BCUT2D eigenvalue weighted by atomic mass is 16.1. The Morgan fingerprint density at radius 1 is 1.36 bits per heavy atom. The predicted octanol–water partition coefficient (Wildman–Crippen LogP) is 3.90. The molecular weight excluding hydrogens is 172 g/mol. The van der Waals surface area contributed by atoms with Crippen LogP contribution in [0.4, 0.5) is 0 Å². The van der Waals surface area contributed by atoms with Gasteiger partial charge in [-0.3, -0.25) is 4.79 Å². The Hall–Kier alpha value is -0.850. The van der Waals surface area contributed by atoms with Crippen molar-refractivity contribution in [3.8, 4) is 0 Å². The van der Waals surface area contributed by atoms with Gasteiger partial charge in [0.2, 0.25) is 0 Å². The van der Waals surface area contributed by atoms with Gasteiger partial charge in [-0.2, -0.15) is 0 Å². The third-order valence-electron chi connectivity index (χ3n) is 2.26. The third-order valence-corrected chi connectivity index (χ3v) is 2.26. The fourth-order valence-corrected chi connectivity index (χ4v) is 1.64. The van der Waals surface area contributed by atoms with Crippen LogP contribution >= 0.6 is 0 Å². The number of ketones is 1. The second-order valence-corrected chi connectivity index (χ2v) is 3.48. The first-order valence-corrected chi connectivity index (χ1v) is 5.56. The minimum Gasteiger partial charge on any atom is -0.294 e. The molecule has 0 radical (unpaired) electrons. The first-order valence-electron chi connectivity index (χ1n) is 5.56. The summed E-state index contributed by atoms with van der Waals surface area (Å²) in [6.45, 7) is 10.2. The minimum absolute atomic E-state index is 0.309. The second kappa shape index (κ2) is 6.58. The number of Topliss-reactive ketones (excluding diaryl/α,β-unsaturated/α-hetero) is 1. The van der Waals surface area contributed by atoms with Gasteiger partial charge in [0.1, 0.15) is 0 Å². The molecule has 0 atom stereocenters. The van der Waals surface area contributed by atoms with Crippen molar-refractivity contribution in [1.82, 2.24) is 0 Å². The SMILES string of the molecule is C/C=C1\C(=O)CCC=C1C(C)C.CC. The van der Waals surface area contributed by atoms with Crippen molar-refractivity contribution in [2.75, 3.05) is 0 Å². The van der Waals surface area contributed by atoms with Gasteiger partial charge in [-0.25, -0.2) is 0 Å². The summed E-state index contributed by atoms with van der Waals surface area (Å²) in [4.78, 5) is 11.4. The lowest BCUT2D eigenvalue weighted by atomic mass is 9.86. The van der Waals surface area contributed by atoms with Gasteiger partial charge in [0.05, 0.1) is 0 Å². The molecule has 1 aliphatic rings. The van der Waals surface area contributed by atoms with Gasteiger partial charge in [-0.05, 0) is 24.8 Å². The van der Waals surface area contributed by atoms with Gasteiger partial charge < -0.3 is 0 Å². The topological polar surface area (TPSA) is 17.1 Å². The highest BCUT2D eigenvalue weighted by molar-refractivity contribution is 6.00. The van der Waals surface area contributed by atoms with E-state index in [2.05, 4.69) is 19.9 Å². The van der Waals surface area contributed by atoms with Crippen molar-refractivity contribution in [3.63, 3.8) is 0 Å². The van der Waals surface area contributed by atoms with E-state index < -0.39 is 0 Å². The van der Waals surface area contributed by atoms with Crippen LogP contribution < -0.4 is 0 Å². The lowest BCUT2D eigenvalue weighted by molar-refractivity contribution is -0.115. The van der Waals surface area contributed by atoms with Crippen molar-refractivity contribution < 1.29 is 4.79 Å². The lowest BCUT2D eigenvalue weighted by Crippen LogP contribution is -2.12. The van der Waals surface area contributed by atoms with Gasteiger partial charge in [-0.1, -0.05) is 39.8 Å². The largest absolute Gasteiger partial charge is 0.294 e. The molecule has 0 N–H and O–H groups in total. The highest BCUT2D eigenvalue weighted by Crippen LogP contribution is 2.26. The average Bonchev–Trinajstić information content (AvgIpc) is 2.20. The molecule has 0 bridgehead atoms. The summed E-state index contributed by atoms with van der Waals surface area (Å²) >= 11 is 0. The van der Waals surface area contributed by atoms with Gasteiger partial charge in [-0.15, -0.1) is 0 Å². The lowest BCUT2D eigenvalue weighted by Gasteiger charge is -2.18. The third kappa shape index (κ3) is 3.13. The van der Waals surface area contributed by atoms with Crippen molar-refractivity contribution in [2.24, 2.45) is 5.92 Å². The first-order chi connectivity index (χ1) is 6.66. The molecule has 0 saturated carbocycles. The normalized spacial score (nSPS) is 19.1. The van der Waals surface area contributed by atoms with Crippen molar-refractivity contribution in [3.05, 3.63) is 23.3 Å². The van der Waals surface area contributed by atoms with Crippen LogP contribution in [0.2, 0.25) is 0 Å².